The zero-order chi connectivity index (χ0) is 13.1. The Hall–Kier alpha value is -2.05. The second-order valence-electron chi connectivity index (χ2n) is 4.44. The van der Waals surface area contributed by atoms with E-state index >= 15 is 0 Å². The minimum atomic E-state index is 0.476. The molecule has 1 aromatic heterocycles. The standard InChI is InChI=1S/C12H16N6/c1-10-11(9-14)12(16(2)15-10)18-7-5-17(4-3-13)6-8-18/h4-8H2,1-2H3. The highest BCUT2D eigenvalue weighted by molar-refractivity contribution is 5.57. The van der Waals surface area contributed by atoms with Gasteiger partial charge in [0, 0.05) is 33.2 Å². The summed E-state index contributed by atoms with van der Waals surface area (Å²) in [6, 6.07) is 4.39. The van der Waals surface area contributed by atoms with E-state index in [-0.39, 0.29) is 0 Å². The Morgan fingerprint density at radius 3 is 2.44 bits per heavy atom. The fourth-order valence-electron chi connectivity index (χ4n) is 2.36. The molecule has 1 saturated heterocycles. The fraction of sp³-hybridized carbons (Fsp3) is 0.583. The van der Waals surface area contributed by atoms with E-state index in [1.807, 2.05) is 14.0 Å². The molecule has 18 heavy (non-hydrogen) atoms. The van der Waals surface area contributed by atoms with E-state index < -0.39 is 0 Å². The van der Waals surface area contributed by atoms with Gasteiger partial charge in [-0.15, -0.1) is 0 Å². The predicted molar refractivity (Wildman–Crippen MR) is 66.9 cm³/mol. The van der Waals surface area contributed by atoms with Crippen LogP contribution in [-0.2, 0) is 7.05 Å². The van der Waals surface area contributed by atoms with Gasteiger partial charge in [0.15, 0.2) is 0 Å². The molecule has 1 aromatic rings. The topological polar surface area (TPSA) is 71.9 Å². The highest BCUT2D eigenvalue weighted by Crippen LogP contribution is 2.23. The Bertz CT molecular complexity index is 510. The summed E-state index contributed by atoms with van der Waals surface area (Å²) < 4.78 is 1.77. The first-order chi connectivity index (χ1) is 8.67. The normalized spacial score (nSPS) is 16.3. The van der Waals surface area contributed by atoms with Gasteiger partial charge in [-0.3, -0.25) is 9.58 Å². The molecule has 1 aliphatic heterocycles. The molecule has 0 aliphatic carbocycles. The number of rotatable bonds is 2. The molecule has 2 rings (SSSR count). The average molecular weight is 244 g/mol. The van der Waals surface area contributed by atoms with Gasteiger partial charge in [0.1, 0.15) is 17.5 Å². The summed E-state index contributed by atoms with van der Waals surface area (Å²) in [7, 11) is 1.87. The molecule has 0 radical (unpaired) electrons. The summed E-state index contributed by atoms with van der Waals surface area (Å²) in [5, 5.41) is 22.2. The second-order valence-corrected chi connectivity index (χ2v) is 4.44. The third-order valence-corrected chi connectivity index (χ3v) is 3.27. The maximum absolute atomic E-state index is 9.20. The van der Waals surface area contributed by atoms with Crippen molar-refractivity contribution in [2.75, 3.05) is 37.6 Å². The van der Waals surface area contributed by atoms with Crippen LogP contribution in [0.15, 0.2) is 0 Å². The third kappa shape index (κ3) is 2.15. The van der Waals surface area contributed by atoms with Crippen molar-refractivity contribution in [3.8, 4) is 12.1 Å². The molecule has 0 aromatic carbocycles. The highest BCUT2D eigenvalue weighted by Gasteiger charge is 2.23. The molecule has 0 amide bonds. The van der Waals surface area contributed by atoms with Crippen molar-refractivity contribution in [3.05, 3.63) is 11.3 Å². The van der Waals surface area contributed by atoms with Gasteiger partial charge in [0.05, 0.1) is 18.3 Å². The van der Waals surface area contributed by atoms with E-state index in [9.17, 15) is 5.26 Å². The van der Waals surface area contributed by atoms with E-state index in [2.05, 4.69) is 27.0 Å². The first-order valence-corrected chi connectivity index (χ1v) is 5.95. The van der Waals surface area contributed by atoms with E-state index in [4.69, 9.17) is 5.26 Å². The van der Waals surface area contributed by atoms with Gasteiger partial charge in [0.25, 0.3) is 0 Å². The zero-order valence-electron chi connectivity index (χ0n) is 10.7. The van der Waals surface area contributed by atoms with Crippen LogP contribution >= 0.6 is 0 Å². The quantitative estimate of drug-likeness (QED) is 0.697. The van der Waals surface area contributed by atoms with Crippen molar-refractivity contribution in [1.29, 1.82) is 10.5 Å². The molecular formula is C12H16N6. The lowest BCUT2D eigenvalue weighted by molar-refractivity contribution is 0.285. The lowest BCUT2D eigenvalue weighted by atomic mass is 10.2. The number of aromatic nitrogens is 2. The third-order valence-electron chi connectivity index (χ3n) is 3.27. The molecule has 0 unspecified atom stereocenters. The first kappa shape index (κ1) is 12.4. The molecule has 94 valence electrons. The highest BCUT2D eigenvalue weighted by atomic mass is 15.4. The average Bonchev–Trinajstić information content (AvgIpc) is 2.65. The molecule has 1 aliphatic rings. The second kappa shape index (κ2) is 5.07. The van der Waals surface area contributed by atoms with Crippen molar-refractivity contribution in [3.63, 3.8) is 0 Å². The van der Waals surface area contributed by atoms with Crippen LogP contribution in [0.4, 0.5) is 5.82 Å². The van der Waals surface area contributed by atoms with Crippen molar-refractivity contribution in [2.45, 2.75) is 6.92 Å². The molecule has 0 atom stereocenters. The minimum absolute atomic E-state index is 0.476. The molecule has 0 bridgehead atoms. The lowest BCUT2D eigenvalue weighted by Crippen LogP contribution is -2.47. The van der Waals surface area contributed by atoms with Gasteiger partial charge in [-0.05, 0) is 6.92 Å². The van der Waals surface area contributed by atoms with Crippen LogP contribution in [0.5, 0.6) is 0 Å². The van der Waals surface area contributed by atoms with E-state index in [1.165, 1.54) is 0 Å². The van der Waals surface area contributed by atoms with Crippen LogP contribution in [0.1, 0.15) is 11.3 Å². The summed E-state index contributed by atoms with van der Waals surface area (Å²) in [6.07, 6.45) is 0. The number of nitriles is 2. The Morgan fingerprint density at radius 2 is 1.89 bits per heavy atom. The van der Waals surface area contributed by atoms with Crippen molar-refractivity contribution >= 4 is 5.82 Å². The van der Waals surface area contributed by atoms with E-state index in [1.54, 1.807) is 4.68 Å². The maximum Gasteiger partial charge on any atom is 0.145 e. The molecular weight excluding hydrogens is 228 g/mol. The van der Waals surface area contributed by atoms with Gasteiger partial charge in [0.2, 0.25) is 0 Å². The van der Waals surface area contributed by atoms with Crippen LogP contribution < -0.4 is 4.90 Å². The Morgan fingerprint density at radius 1 is 1.22 bits per heavy atom. The van der Waals surface area contributed by atoms with Crippen molar-refractivity contribution in [2.24, 2.45) is 7.05 Å². The maximum atomic E-state index is 9.20. The summed E-state index contributed by atoms with van der Waals surface area (Å²) in [5.41, 5.74) is 1.43. The molecule has 0 spiro atoms. The van der Waals surface area contributed by atoms with Crippen LogP contribution in [0.25, 0.3) is 0 Å². The van der Waals surface area contributed by atoms with Crippen LogP contribution in [-0.4, -0.2) is 47.4 Å². The van der Waals surface area contributed by atoms with Crippen LogP contribution in [0, 0.1) is 29.6 Å². The number of hydrogen-bond donors (Lipinski definition) is 0. The minimum Gasteiger partial charge on any atom is -0.353 e. The Kier molecular flexibility index (Phi) is 3.50. The first-order valence-electron chi connectivity index (χ1n) is 5.95. The Labute approximate surface area is 107 Å². The van der Waals surface area contributed by atoms with E-state index in [0.717, 1.165) is 37.7 Å². The smallest absolute Gasteiger partial charge is 0.145 e. The zero-order valence-corrected chi connectivity index (χ0v) is 10.7. The predicted octanol–water partition coefficient (Wildman–Crippen LogP) is 0.246. The molecule has 1 fully saturated rings. The van der Waals surface area contributed by atoms with Crippen LogP contribution in [0.2, 0.25) is 0 Å². The van der Waals surface area contributed by atoms with Crippen molar-refractivity contribution < 1.29 is 0 Å². The van der Waals surface area contributed by atoms with Gasteiger partial charge < -0.3 is 4.90 Å². The number of hydrogen-bond acceptors (Lipinski definition) is 5. The van der Waals surface area contributed by atoms with E-state index in [0.29, 0.717) is 12.1 Å². The summed E-state index contributed by atoms with van der Waals surface area (Å²) in [4.78, 5) is 4.29. The number of anilines is 1. The summed E-state index contributed by atoms with van der Waals surface area (Å²) >= 11 is 0. The van der Waals surface area contributed by atoms with Gasteiger partial charge in [-0.25, -0.2) is 0 Å². The summed E-state index contributed by atoms with van der Waals surface area (Å²) in [5.74, 6) is 0.895. The Balaban J connectivity index is 2.16. The molecule has 0 N–H and O–H groups in total. The molecule has 6 heteroatoms. The molecule has 6 nitrogen and oxygen atoms in total. The van der Waals surface area contributed by atoms with Gasteiger partial charge >= 0.3 is 0 Å². The molecule has 0 saturated carbocycles. The van der Waals surface area contributed by atoms with Gasteiger partial charge in [-0.2, -0.15) is 15.6 Å². The van der Waals surface area contributed by atoms with Crippen molar-refractivity contribution in [1.82, 2.24) is 14.7 Å². The fourth-order valence-corrected chi connectivity index (χ4v) is 2.36. The van der Waals surface area contributed by atoms with Crippen LogP contribution in [0.3, 0.4) is 0 Å². The van der Waals surface area contributed by atoms with Gasteiger partial charge in [-0.1, -0.05) is 0 Å². The monoisotopic (exact) mass is 244 g/mol. The SMILES string of the molecule is Cc1nn(C)c(N2CCN(CC#N)CC2)c1C#N. The number of aryl methyl sites for hydroxylation is 2. The molecule has 2 heterocycles. The lowest BCUT2D eigenvalue weighted by Gasteiger charge is -2.34. The number of piperazine rings is 1. The largest absolute Gasteiger partial charge is 0.353 e. The summed E-state index contributed by atoms with van der Waals surface area (Å²) in [6.45, 7) is 5.69. The number of nitrogens with zero attached hydrogens (tertiary/aromatic N) is 6.